The minimum absolute atomic E-state index is 0.163. The Balaban J connectivity index is 1.93. The molecule has 2 aromatic carbocycles. The zero-order valence-electron chi connectivity index (χ0n) is 22.0. The monoisotopic (exact) mass is 556 g/mol. The molecule has 0 bridgehead atoms. The highest BCUT2D eigenvalue weighted by molar-refractivity contribution is 5.89. The molecular weight excluding hydrogens is 521 g/mol. The molecule has 9 nitrogen and oxygen atoms in total. The van der Waals surface area contributed by atoms with Gasteiger partial charge in [0.15, 0.2) is 6.10 Å². The summed E-state index contributed by atoms with van der Waals surface area (Å²) in [7, 11) is 0. The van der Waals surface area contributed by atoms with Crippen LogP contribution in [-0.2, 0) is 20.7 Å². The first-order valence-electron chi connectivity index (χ1n) is 12.7. The number of hydrogen-bond donors (Lipinski definition) is 2. The Morgan fingerprint density at radius 3 is 2.18 bits per heavy atom. The number of carbonyl (C=O) groups is 2. The van der Waals surface area contributed by atoms with Gasteiger partial charge in [0.05, 0.1) is 13.2 Å². The molecule has 216 valence electrons. The van der Waals surface area contributed by atoms with Gasteiger partial charge < -0.3 is 34.3 Å². The van der Waals surface area contributed by atoms with E-state index in [1.165, 1.54) is 17.0 Å². The molecule has 0 spiro atoms. The molecule has 0 aliphatic carbocycles. The fourth-order valence-electron chi connectivity index (χ4n) is 3.41. The van der Waals surface area contributed by atoms with Crippen LogP contribution in [0.4, 0.5) is 23.7 Å². The van der Waals surface area contributed by atoms with E-state index >= 15 is 0 Å². The van der Waals surface area contributed by atoms with Crippen molar-refractivity contribution >= 4 is 17.7 Å². The first-order valence-corrected chi connectivity index (χ1v) is 12.7. The number of alkyl halides is 3. The summed E-state index contributed by atoms with van der Waals surface area (Å²) in [6.07, 6.45) is -3.63. The van der Waals surface area contributed by atoms with Gasteiger partial charge in [-0.1, -0.05) is 25.5 Å². The summed E-state index contributed by atoms with van der Waals surface area (Å²) in [6, 6.07) is 11.3. The third-order valence-corrected chi connectivity index (χ3v) is 5.39. The van der Waals surface area contributed by atoms with Crippen LogP contribution in [0.1, 0.15) is 32.3 Å². The average Bonchev–Trinajstić information content (AvgIpc) is 2.88. The Hall–Kier alpha value is -3.51. The summed E-state index contributed by atoms with van der Waals surface area (Å²) in [5, 5.41) is 11.9. The van der Waals surface area contributed by atoms with Crippen molar-refractivity contribution in [3.63, 3.8) is 0 Å². The maximum absolute atomic E-state index is 12.9. The third-order valence-electron chi connectivity index (χ3n) is 5.39. The summed E-state index contributed by atoms with van der Waals surface area (Å²) >= 11 is 0. The second-order valence-electron chi connectivity index (χ2n) is 8.43. The molecule has 0 saturated carbocycles. The predicted octanol–water partition coefficient (Wildman–Crippen LogP) is 5.35. The van der Waals surface area contributed by atoms with Crippen molar-refractivity contribution in [2.24, 2.45) is 0 Å². The van der Waals surface area contributed by atoms with Crippen molar-refractivity contribution in [1.82, 2.24) is 4.90 Å². The largest absolute Gasteiger partial charge is 0.573 e. The summed E-state index contributed by atoms with van der Waals surface area (Å²) in [4.78, 5) is 25.6. The average molecular weight is 557 g/mol. The molecule has 0 aliphatic rings. The highest BCUT2D eigenvalue weighted by Crippen LogP contribution is 2.24. The molecule has 0 heterocycles. The lowest BCUT2D eigenvalue weighted by atomic mass is 10.1. The molecule has 1 atom stereocenters. The van der Waals surface area contributed by atoms with Crippen LogP contribution in [-0.4, -0.2) is 74.0 Å². The van der Waals surface area contributed by atoms with E-state index in [-0.39, 0.29) is 26.1 Å². The number of aliphatic carboxylic acids is 1. The first-order chi connectivity index (χ1) is 18.6. The number of carbonyl (C=O) groups excluding carboxylic acids is 1. The Morgan fingerprint density at radius 2 is 1.59 bits per heavy atom. The maximum Gasteiger partial charge on any atom is 0.573 e. The molecule has 2 amide bonds. The van der Waals surface area contributed by atoms with Gasteiger partial charge in [0.25, 0.3) is 0 Å². The van der Waals surface area contributed by atoms with E-state index in [0.29, 0.717) is 31.3 Å². The van der Waals surface area contributed by atoms with E-state index in [4.69, 9.17) is 14.2 Å². The molecule has 2 rings (SSSR count). The standard InChI is InChI=1S/C27H35F3N2O7/c1-3-5-16-36-17-14-32(26(35)31-21-8-12-23(13-9-21)39-27(28,29)30)15-18-38-22-10-6-20(7-11-22)19-24(25(33)34)37-4-2/h6-13,24H,3-5,14-19H2,1-2H3,(H,31,35)(H,33,34). The van der Waals surface area contributed by atoms with Gasteiger partial charge in [-0.3, -0.25) is 0 Å². The third kappa shape index (κ3) is 12.7. The molecule has 1 unspecified atom stereocenters. The van der Waals surface area contributed by atoms with Crippen molar-refractivity contribution < 1.29 is 46.8 Å². The van der Waals surface area contributed by atoms with Crippen LogP contribution in [0.15, 0.2) is 48.5 Å². The molecule has 39 heavy (non-hydrogen) atoms. The summed E-state index contributed by atoms with van der Waals surface area (Å²) < 4.78 is 57.5. The smallest absolute Gasteiger partial charge is 0.492 e. The Bertz CT molecular complexity index is 1000. The number of nitrogens with one attached hydrogen (secondary N) is 1. The summed E-state index contributed by atoms with van der Waals surface area (Å²) in [6.45, 7) is 5.61. The van der Waals surface area contributed by atoms with Gasteiger partial charge in [-0.25, -0.2) is 9.59 Å². The zero-order chi connectivity index (χ0) is 28.7. The minimum atomic E-state index is -4.80. The maximum atomic E-state index is 12.9. The van der Waals surface area contributed by atoms with Crippen LogP contribution < -0.4 is 14.8 Å². The van der Waals surface area contributed by atoms with E-state index < -0.39 is 30.2 Å². The van der Waals surface area contributed by atoms with Gasteiger partial charge in [0.2, 0.25) is 0 Å². The van der Waals surface area contributed by atoms with Crippen molar-refractivity contribution in [3.8, 4) is 11.5 Å². The highest BCUT2D eigenvalue weighted by Gasteiger charge is 2.31. The van der Waals surface area contributed by atoms with Gasteiger partial charge >= 0.3 is 18.4 Å². The van der Waals surface area contributed by atoms with Crippen LogP contribution in [0.3, 0.4) is 0 Å². The number of hydrogen-bond acceptors (Lipinski definition) is 6. The molecule has 2 N–H and O–H groups in total. The minimum Gasteiger partial charge on any atom is -0.492 e. The number of urea groups is 1. The van der Waals surface area contributed by atoms with Crippen molar-refractivity contribution in [2.45, 2.75) is 45.6 Å². The number of anilines is 1. The number of rotatable bonds is 17. The first kappa shape index (κ1) is 31.7. The SMILES string of the molecule is CCCCOCCN(CCOc1ccc(CC(OCC)C(=O)O)cc1)C(=O)Nc1ccc(OC(F)(F)F)cc1. The lowest BCUT2D eigenvalue weighted by Gasteiger charge is -2.23. The number of unbranched alkanes of at least 4 members (excludes halogenated alkanes) is 1. The molecule has 0 saturated heterocycles. The van der Waals surface area contributed by atoms with Crippen LogP contribution in [0.2, 0.25) is 0 Å². The van der Waals surface area contributed by atoms with Crippen molar-refractivity contribution in [1.29, 1.82) is 0 Å². The van der Waals surface area contributed by atoms with Crippen molar-refractivity contribution in [3.05, 3.63) is 54.1 Å². The fourth-order valence-corrected chi connectivity index (χ4v) is 3.41. The van der Waals surface area contributed by atoms with Crippen LogP contribution in [0, 0.1) is 0 Å². The number of benzene rings is 2. The normalized spacial score (nSPS) is 12.0. The second kappa shape index (κ2) is 16.5. The Morgan fingerprint density at radius 1 is 0.949 bits per heavy atom. The molecule has 12 heteroatoms. The number of nitrogens with zero attached hydrogens (tertiary/aromatic N) is 1. The van der Waals surface area contributed by atoms with Gasteiger partial charge in [-0.05, 0) is 55.3 Å². The molecule has 0 radical (unpaired) electrons. The molecule has 0 aliphatic heterocycles. The van der Waals surface area contributed by atoms with Gasteiger partial charge in [-0.2, -0.15) is 0 Å². The highest BCUT2D eigenvalue weighted by atomic mass is 19.4. The van der Waals surface area contributed by atoms with E-state index in [1.54, 1.807) is 31.2 Å². The summed E-state index contributed by atoms with van der Waals surface area (Å²) in [5.74, 6) is -0.876. The van der Waals surface area contributed by atoms with Gasteiger partial charge in [0.1, 0.15) is 18.1 Å². The Kier molecular flexibility index (Phi) is 13.4. The van der Waals surface area contributed by atoms with Gasteiger partial charge in [-0.15, -0.1) is 13.2 Å². The van der Waals surface area contributed by atoms with E-state index in [0.717, 1.165) is 30.5 Å². The van der Waals surface area contributed by atoms with Gasteiger partial charge in [0, 0.05) is 31.9 Å². The fraction of sp³-hybridized carbons (Fsp3) is 0.481. The molecule has 0 aromatic heterocycles. The number of ether oxygens (including phenoxy) is 4. The zero-order valence-corrected chi connectivity index (χ0v) is 22.0. The lowest BCUT2D eigenvalue weighted by molar-refractivity contribution is -0.274. The number of halogens is 3. The van der Waals surface area contributed by atoms with E-state index in [1.807, 2.05) is 6.92 Å². The van der Waals surface area contributed by atoms with Crippen LogP contribution >= 0.6 is 0 Å². The number of amides is 2. The van der Waals surface area contributed by atoms with Crippen LogP contribution in [0.5, 0.6) is 11.5 Å². The van der Waals surface area contributed by atoms with E-state index in [2.05, 4.69) is 10.1 Å². The topological polar surface area (TPSA) is 107 Å². The quantitative estimate of drug-likeness (QED) is 0.253. The molecular formula is C27H35F3N2O7. The van der Waals surface area contributed by atoms with Crippen LogP contribution in [0.25, 0.3) is 0 Å². The predicted molar refractivity (Wildman–Crippen MR) is 138 cm³/mol. The lowest BCUT2D eigenvalue weighted by Crippen LogP contribution is -2.40. The van der Waals surface area contributed by atoms with E-state index in [9.17, 15) is 27.9 Å². The molecule has 0 fully saturated rings. The van der Waals surface area contributed by atoms with Crippen molar-refractivity contribution in [2.75, 3.05) is 44.8 Å². The number of carboxylic acid groups (broad SMARTS) is 1. The Labute approximate surface area is 225 Å². The summed E-state index contributed by atoms with van der Waals surface area (Å²) in [5.41, 5.74) is 1.08. The number of carboxylic acids is 1. The second-order valence-corrected chi connectivity index (χ2v) is 8.43. The molecule has 2 aromatic rings.